The molecule has 1 aromatic rings. The number of rotatable bonds is 4. The molecule has 0 amide bonds. The van der Waals surface area contributed by atoms with Crippen molar-refractivity contribution in [2.24, 2.45) is 0 Å². The molecule has 0 bridgehead atoms. The normalized spacial score (nSPS) is 12.4. The molecule has 1 unspecified atom stereocenters. The standard InChI is InChI=1S/C11H15NO2/c1-8(14-2)7-11(13)9-3-5-10(12)6-4-9/h3-6,8H,7,12H2,1-2H3. The molecular formula is C11H15NO2. The maximum Gasteiger partial charge on any atom is 0.165 e. The number of ketones is 1. The lowest BCUT2D eigenvalue weighted by atomic mass is 10.1. The number of Topliss-reactive ketones (excluding diaryl/α,β-unsaturated/α-hetero) is 1. The van der Waals surface area contributed by atoms with E-state index in [0.29, 0.717) is 17.7 Å². The summed E-state index contributed by atoms with van der Waals surface area (Å²) in [6.45, 7) is 1.87. The number of nitrogens with two attached hydrogens (primary N) is 1. The minimum Gasteiger partial charge on any atom is -0.399 e. The van der Waals surface area contributed by atoms with Crippen molar-refractivity contribution in [2.45, 2.75) is 19.4 Å². The number of hydrogen-bond acceptors (Lipinski definition) is 3. The van der Waals surface area contributed by atoms with Gasteiger partial charge in [0.05, 0.1) is 6.10 Å². The summed E-state index contributed by atoms with van der Waals surface area (Å²) in [4.78, 5) is 11.6. The van der Waals surface area contributed by atoms with Crippen molar-refractivity contribution in [3.05, 3.63) is 29.8 Å². The van der Waals surface area contributed by atoms with Gasteiger partial charge in [0, 0.05) is 24.8 Å². The van der Waals surface area contributed by atoms with Crippen LogP contribution in [0.4, 0.5) is 5.69 Å². The highest BCUT2D eigenvalue weighted by Crippen LogP contribution is 2.09. The molecule has 0 aliphatic heterocycles. The highest BCUT2D eigenvalue weighted by molar-refractivity contribution is 5.96. The maximum absolute atomic E-state index is 11.6. The first kappa shape index (κ1) is 10.7. The third-order valence-corrected chi connectivity index (χ3v) is 2.11. The summed E-state index contributed by atoms with van der Waals surface area (Å²) >= 11 is 0. The monoisotopic (exact) mass is 193 g/mol. The fourth-order valence-electron chi connectivity index (χ4n) is 1.13. The average Bonchev–Trinajstić information content (AvgIpc) is 2.18. The van der Waals surface area contributed by atoms with Crippen LogP contribution in [0.25, 0.3) is 0 Å². The van der Waals surface area contributed by atoms with E-state index in [-0.39, 0.29) is 11.9 Å². The fraction of sp³-hybridized carbons (Fsp3) is 0.364. The van der Waals surface area contributed by atoms with Gasteiger partial charge in [-0.25, -0.2) is 0 Å². The van der Waals surface area contributed by atoms with E-state index in [2.05, 4.69) is 0 Å². The molecule has 0 aromatic heterocycles. The summed E-state index contributed by atoms with van der Waals surface area (Å²) in [5.41, 5.74) is 6.87. The molecule has 1 aromatic carbocycles. The molecule has 14 heavy (non-hydrogen) atoms. The molecule has 2 N–H and O–H groups in total. The van der Waals surface area contributed by atoms with E-state index in [9.17, 15) is 4.79 Å². The van der Waals surface area contributed by atoms with Crippen LogP contribution in [0.3, 0.4) is 0 Å². The number of methoxy groups -OCH3 is 1. The molecule has 0 fully saturated rings. The Morgan fingerprint density at radius 2 is 2.00 bits per heavy atom. The lowest BCUT2D eigenvalue weighted by molar-refractivity contribution is 0.0792. The second-order valence-corrected chi connectivity index (χ2v) is 3.30. The van der Waals surface area contributed by atoms with Crippen molar-refractivity contribution in [3.63, 3.8) is 0 Å². The molecule has 0 spiro atoms. The van der Waals surface area contributed by atoms with Gasteiger partial charge in [0.25, 0.3) is 0 Å². The highest BCUT2D eigenvalue weighted by atomic mass is 16.5. The number of carbonyl (C=O) groups excluding carboxylic acids is 1. The lowest BCUT2D eigenvalue weighted by Gasteiger charge is -2.07. The second kappa shape index (κ2) is 4.77. The van der Waals surface area contributed by atoms with Gasteiger partial charge in [-0.05, 0) is 31.2 Å². The maximum atomic E-state index is 11.6. The Balaban J connectivity index is 2.65. The average molecular weight is 193 g/mol. The smallest absolute Gasteiger partial charge is 0.165 e. The van der Waals surface area contributed by atoms with Crippen LogP contribution in [0.2, 0.25) is 0 Å². The summed E-state index contributed by atoms with van der Waals surface area (Å²) in [6, 6.07) is 6.93. The van der Waals surface area contributed by atoms with Gasteiger partial charge in [-0.3, -0.25) is 4.79 Å². The van der Waals surface area contributed by atoms with E-state index in [1.807, 2.05) is 6.92 Å². The Labute approximate surface area is 83.9 Å². The van der Waals surface area contributed by atoms with E-state index in [1.54, 1.807) is 31.4 Å². The number of benzene rings is 1. The van der Waals surface area contributed by atoms with E-state index in [0.717, 1.165) is 0 Å². The summed E-state index contributed by atoms with van der Waals surface area (Å²) in [5.74, 6) is 0.0827. The molecule has 1 rings (SSSR count). The summed E-state index contributed by atoms with van der Waals surface area (Å²) < 4.78 is 5.02. The second-order valence-electron chi connectivity index (χ2n) is 3.30. The van der Waals surface area contributed by atoms with Gasteiger partial charge in [-0.1, -0.05) is 0 Å². The molecule has 0 heterocycles. The van der Waals surface area contributed by atoms with Gasteiger partial charge < -0.3 is 10.5 Å². The van der Waals surface area contributed by atoms with Crippen molar-refractivity contribution in [2.75, 3.05) is 12.8 Å². The molecule has 76 valence electrons. The SMILES string of the molecule is COC(C)CC(=O)c1ccc(N)cc1. The summed E-state index contributed by atoms with van der Waals surface area (Å²) in [6.07, 6.45) is 0.362. The number of ether oxygens (including phenoxy) is 1. The molecule has 3 nitrogen and oxygen atoms in total. The van der Waals surface area contributed by atoms with E-state index < -0.39 is 0 Å². The molecule has 0 aliphatic carbocycles. The lowest BCUT2D eigenvalue weighted by Crippen LogP contribution is -2.12. The number of carbonyl (C=O) groups is 1. The molecule has 0 saturated carbocycles. The van der Waals surface area contributed by atoms with Crippen LogP contribution >= 0.6 is 0 Å². The quantitative estimate of drug-likeness (QED) is 0.586. The summed E-state index contributed by atoms with van der Waals surface area (Å²) in [5, 5.41) is 0. The zero-order chi connectivity index (χ0) is 10.6. The van der Waals surface area contributed by atoms with Crippen molar-refractivity contribution in [3.8, 4) is 0 Å². The van der Waals surface area contributed by atoms with Gasteiger partial charge >= 0.3 is 0 Å². The molecule has 3 heteroatoms. The van der Waals surface area contributed by atoms with Crippen LogP contribution in [0, 0.1) is 0 Å². The zero-order valence-corrected chi connectivity index (χ0v) is 8.49. The first-order valence-electron chi connectivity index (χ1n) is 4.55. The Morgan fingerprint density at radius 1 is 1.43 bits per heavy atom. The molecule has 0 aliphatic rings. The predicted octanol–water partition coefficient (Wildman–Crippen LogP) is 1.88. The van der Waals surface area contributed by atoms with Crippen LogP contribution < -0.4 is 5.73 Å². The molecular weight excluding hydrogens is 178 g/mol. The molecule has 1 atom stereocenters. The third-order valence-electron chi connectivity index (χ3n) is 2.11. The molecule has 0 radical (unpaired) electrons. The van der Waals surface area contributed by atoms with E-state index >= 15 is 0 Å². The van der Waals surface area contributed by atoms with Crippen LogP contribution in [0.1, 0.15) is 23.7 Å². The topological polar surface area (TPSA) is 52.3 Å². The minimum atomic E-state index is -0.0416. The van der Waals surface area contributed by atoms with Crippen molar-refractivity contribution in [1.29, 1.82) is 0 Å². The Bertz CT molecular complexity index is 306. The van der Waals surface area contributed by atoms with Gasteiger partial charge in [0.1, 0.15) is 0 Å². The van der Waals surface area contributed by atoms with E-state index in [4.69, 9.17) is 10.5 Å². The Kier molecular flexibility index (Phi) is 3.65. The number of nitrogen functional groups attached to an aromatic ring is 1. The van der Waals surface area contributed by atoms with Crippen molar-refractivity contribution in [1.82, 2.24) is 0 Å². The largest absolute Gasteiger partial charge is 0.399 e. The van der Waals surface area contributed by atoms with E-state index in [1.165, 1.54) is 0 Å². The van der Waals surface area contributed by atoms with Gasteiger partial charge in [-0.15, -0.1) is 0 Å². The first-order valence-corrected chi connectivity index (χ1v) is 4.55. The first-order chi connectivity index (χ1) is 6.63. The van der Waals surface area contributed by atoms with Gasteiger partial charge in [0.15, 0.2) is 5.78 Å². The highest BCUT2D eigenvalue weighted by Gasteiger charge is 2.09. The van der Waals surface area contributed by atoms with Crippen LogP contribution in [0.15, 0.2) is 24.3 Å². The fourth-order valence-corrected chi connectivity index (χ4v) is 1.13. The van der Waals surface area contributed by atoms with Gasteiger partial charge in [0.2, 0.25) is 0 Å². The minimum absolute atomic E-state index is 0.0416. The Hall–Kier alpha value is -1.35. The zero-order valence-electron chi connectivity index (χ0n) is 8.49. The van der Waals surface area contributed by atoms with Crippen molar-refractivity contribution < 1.29 is 9.53 Å². The summed E-state index contributed by atoms with van der Waals surface area (Å²) in [7, 11) is 1.60. The van der Waals surface area contributed by atoms with Crippen LogP contribution in [0.5, 0.6) is 0 Å². The third kappa shape index (κ3) is 2.85. The van der Waals surface area contributed by atoms with Crippen LogP contribution in [-0.4, -0.2) is 19.0 Å². The molecule has 0 saturated heterocycles. The Morgan fingerprint density at radius 3 is 2.50 bits per heavy atom. The van der Waals surface area contributed by atoms with Gasteiger partial charge in [-0.2, -0.15) is 0 Å². The van der Waals surface area contributed by atoms with Crippen LogP contribution in [-0.2, 0) is 4.74 Å². The number of hydrogen-bond donors (Lipinski definition) is 1. The number of anilines is 1. The van der Waals surface area contributed by atoms with Crippen molar-refractivity contribution >= 4 is 11.5 Å². The predicted molar refractivity (Wildman–Crippen MR) is 56.3 cm³/mol.